The van der Waals surface area contributed by atoms with E-state index in [-0.39, 0.29) is 23.3 Å². The van der Waals surface area contributed by atoms with Crippen LogP contribution in [0.1, 0.15) is 30.6 Å². The van der Waals surface area contributed by atoms with Crippen molar-refractivity contribution in [3.63, 3.8) is 0 Å². The molecular weight excluding hydrogens is 221 g/mol. The van der Waals surface area contributed by atoms with Gasteiger partial charge < -0.3 is 10.2 Å². The molecule has 1 rings (SSSR count). The molecule has 1 heterocycles. The van der Waals surface area contributed by atoms with Crippen LogP contribution in [0.4, 0.5) is 10.2 Å². The Labute approximate surface area is 101 Å². The molecule has 4 nitrogen and oxygen atoms in total. The van der Waals surface area contributed by atoms with Crippen LogP contribution in [0.2, 0.25) is 0 Å². The van der Waals surface area contributed by atoms with Crippen LogP contribution >= 0.6 is 0 Å². The molecule has 1 atom stereocenters. The van der Waals surface area contributed by atoms with Gasteiger partial charge in [0.05, 0.1) is 5.56 Å². The van der Waals surface area contributed by atoms with Gasteiger partial charge in [-0.3, -0.25) is 4.79 Å². The molecule has 1 aromatic rings. The van der Waals surface area contributed by atoms with E-state index in [9.17, 15) is 9.18 Å². The Bertz CT molecular complexity index is 409. The van der Waals surface area contributed by atoms with Crippen LogP contribution in [0.15, 0.2) is 12.3 Å². The molecule has 1 N–H and O–H groups in total. The average molecular weight is 239 g/mol. The van der Waals surface area contributed by atoms with Crippen LogP contribution in [0, 0.1) is 5.82 Å². The number of halogens is 1. The summed E-state index contributed by atoms with van der Waals surface area (Å²) in [6.07, 6.45) is 2.25. The van der Waals surface area contributed by atoms with Gasteiger partial charge >= 0.3 is 0 Å². The summed E-state index contributed by atoms with van der Waals surface area (Å²) >= 11 is 0. The Morgan fingerprint density at radius 1 is 1.65 bits per heavy atom. The molecule has 1 amide bonds. The first-order chi connectivity index (χ1) is 8.02. The fourth-order valence-corrected chi connectivity index (χ4v) is 1.45. The van der Waals surface area contributed by atoms with Crippen LogP contribution in [-0.2, 0) is 0 Å². The lowest BCUT2D eigenvalue weighted by Crippen LogP contribution is -2.35. The third-order valence-electron chi connectivity index (χ3n) is 2.93. The van der Waals surface area contributed by atoms with Crippen LogP contribution in [0.25, 0.3) is 0 Å². The minimum atomic E-state index is -0.602. The van der Waals surface area contributed by atoms with Gasteiger partial charge in [-0.15, -0.1) is 0 Å². The highest BCUT2D eigenvalue weighted by Gasteiger charge is 2.21. The van der Waals surface area contributed by atoms with E-state index in [2.05, 4.69) is 10.3 Å². The Balaban J connectivity index is 3.04. The lowest BCUT2D eigenvalue weighted by molar-refractivity contribution is 0.0736. The van der Waals surface area contributed by atoms with Crippen molar-refractivity contribution in [3.8, 4) is 0 Å². The number of carbonyl (C=O) groups is 1. The van der Waals surface area contributed by atoms with Gasteiger partial charge in [0.2, 0.25) is 0 Å². The van der Waals surface area contributed by atoms with E-state index in [1.165, 1.54) is 17.2 Å². The maximum Gasteiger partial charge on any atom is 0.257 e. The molecule has 0 spiro atoms. The summed E-state index contributed by atoms with van der Waals surface area (Å²) in [6, 6.07) is 1.48. The molecule has 0 fully saturated rings. The highest BCUT2D eigenvalue weighted by molar-refractivity contribution is 5.95. The predicted octanol–water partition coefficient (Wildman–Crippen LogP) is 2.13. The van der Waals surface area contributed by atoms with Gasteiger partial charge in [0.25, 0.3) is 5.91 Å². The second kappa shape index (κ2) is 5.61. The zero-order valence-corrected chi connectivity index (χ0v) is 10.6. The van der Waals surface area contributed by atoms with Gasteiger partial charge in [0, 0.05) is 26.3 Å². The average Bonchev–Trinajstić information content (AvgIpc) is 2.36. The molecule has 0 radical (unpaired) electrons. The number of carbonyl (C=O) groups excluding carboxylic acids is 1. The van der Waals surface area contributed by atoms with Crippen molar-refractivity contribution >= 4 is 11.7 Å². The molecule has 1 aromatic heterocycles. The lowest BCUT2D eigenvalue weighted by atomic mass is 10.1. The van der Waals surface area contributed by atoms with Crippen molar-refractivity contribution in [2.75, 3.05) is 19.4 Å². The number of hydrogen-bond acceptors (Lipinski definition) is 3. The molecule has 0 aliphatic heterocycles. The van der Waals surface area contributed by atoms with Crippen LogP contribution in [-0.4, -0.2) is 35.9 Å². The Morgan fingerprint density at radius 2 is 2.29 bits per heavy atom. The minimum Gasteiger partial charge on any atom is -0.371 e. The molecule has 0 saturated heterocycles. The van der Waals surface area contributed by atoms with Crippen molar-refractivity contribution in [2.45, 2.75) is 26.3 Å². The predicted molar refractivity (Wildman–Crippen MR) is 65.6 cm³/mol. The summed E-state index contributed by atoms with van der Waals surface area (Å²) in [4.78, 5) is 17.4. The topological polar surface area (TPSA) is 45.2 Å². The van der Waals surface area contributed by atoms with Gasteiger partial charge in [0.1, 0.15) is 0 Å². The fraction of sp³-hybridized carbons (Fsp3) is 0.500. The zero-order valence-electron chi connectivity index (χ0n) is 10.6. The molecule has 0 aliphatic carbocycles. The number of rotatable bonds is 4. The van der Waals surface area contributed by atoms with Gasteiger partial charge in [-0.25, -0.2) is 9.37 Å². The largest absolute Gasteiger partial charge is 0.371 e. The van der Waals surface area contributed by atoms with E-state index in [0.29, 0.717) is 0 Å². The van der Waals surface area contributed by atoms with Crippen LogP contribution < -0.4 is 5.32 Å². The summed E-state index contributed by atoms with van der Waals surface area (Å²) in [6.45, 7) is 3.91. The number of hydrogen-bond donors (Lipinski definition) is 1. The first-order valence-electron chi connectivity index (χ1n) is 5.62. The fourth-order valence-electron chi connectivity index (χ4n) is 1.45. The lowest BCUT2D eigenvalue weighted by Gasteiger charge is -2.24. The van der Waals surface area contributed by atoms with Crippen molar-refractivity contribution < 1.29 is 9.18 Å². The number of aromatic nitrogens is 1. The summed E-state index contributed by atoms with van der Waals surface area (Å²) in [5.41, 5.74) is 0.0483. The van der Waals surface area contributed by atoms with Gasteiger partial charge in [-0.1, -0.05) is 6.92 Å². The number of anilines is 1. The first kappa shape index (κ1) is 13.4. The summed E-state index contributed by atoms with van der Waals surface area (Å²) in [5.74, 6) is -0.834. The standard InChI is InChI=1S/C12H18FN3O/c1-5-8(2)16(4)12(17)9-6-7-15-11(14-3)10(9)13/h6-8H,5H2,1-4H3,(H,14,15). The second-order valence-electron chi connectivity index (χ2n) is 3.94. The van der Waals surface area contributed by atoms with Crippen LogP contribution in [0.5, 0.6) is 0 Å². The third kappa shape index (κ3) is 2.72. The number of amides is 1. The van der Waals surface area contributed by atoms with E-state index < -0.39 is 5.82 Å². The Kier molecular flexibility index (Phi) is 4.43. The molecule has 0 bridgehead atoms. The Hall–Kier alpha value is -1.65. The van der Waals surface area contributed by atoms with E-state index in [1.807, 2.05) is 13.8 Å². The minimum absolute atomic E-state index is 0.0483. The molecule has 94 valence electrons. The highest BCUT2D eigenvalue weighted by Crippen LogP contribution is 2.17. The monoisotopic (exact) mass is 239 g/mol. The van der Waals surface area contributed by atoms with E-state index in [1.54, 1.807) is 14.1 Å². The van der Waals surface area contributed by atoms with E-state index in [4.69, 9.17) is 0 Å². The zero-order chi connectivity index (χ0) is 13.0. The van der Waals surface area contributed by atoms with E-state index >= 15 is 0 Å². The Morgan fingerprint density at radius 3 is 2.82 bits per heavy atom. The van der Waals surface area contributed by atoms with Crippen molar-refractivity contribution in [1.82, 2.24) is 9.88 Å². The van der Waals surface area contributed by atoms with Gasteiger partial charge in [-0.05, 0) is 19.4 Å². The maximum atomic E-state index is 13.9. The molecule has 17 heavy (non-hydrogen) atoms. The summed E-state index contributed by atoms with van der Waals surface area (Å²) in [5, 5.41) is 2.62. The van der Waals surface area contributed by atoms with Crippen molar-refractivity contribution in [2.24, 2.45) is 0 Å². The normalized spacial score (nSPS) is 12.1. The first-order valence-corrected chi connectivity index (χ1v) is 5.62. The quantitative estimate of drug-likeness (QED) is 0.875. The number of pyridine rings is 1. The SMILES string of the molecule is CCC(C)N(C)C(=O)c1ccnc(NC)c1F. The maximum absolute atomic E-state index is 13.9. The smallest absolute Gasteiger partial charge is 0.257 e. The summed E-state index contributed by atoms with van der Waals surface area (Å²) < 4.78 is 13.9. The van der Waals surface area contributed by atoms with Gasteiger partial charge in [-0.2, -0.15) is 0 Å². The highest BCUT2D eigenvalue weighted by atomic mass is 19.1. The van der Waals surface area contributed by atoms with Crippen LogP contribution in [0.3, 0.4) is 0 Å². The molecule has 1 unspecified atom stereocenters. The third-order valence-corrected chi connectivity index (χ3v) is 2.93. The molecule has 0 aliphatic rings. The molecule has 0 aromatic carbocycles. The van der Waals surface area contributed by atoms with E-state index in [0.717, 1.165) is 6.42 Å². The summed E-state index contributed by atoms with van der Waals surface area (Å²) in [7, 11) is 3.24. The molecular formula is C12H18FN3O. The second-order valence-corrected chi connectivity index (χ2v) is 3.94. The molecule has 5 heteroatoms. The molecule has 0 saturated carbocycles. The van der Waals surface area contributed by atoms with Crippen molar-refractivity contribution in [1.29, 1.82) is 0 Å². The number of nitrogens with one attached hydrogen (secondary N) is 1. The number of nitrogens with zero attached hydrogens (tertiary/aromatic N) is 2. The van der Waals surface area contributed by atoms with Crippen molar-refractivity contribution in [3.05, 3.63) is 23.6 Å². The van der Waals surface area contributed by atoms with Gasteiger partial charge in [0.15, 0.2) is 11.6 Å².